The molecule has 24 heavy (non-hydrogen) atoms. The van der Waals surface area contributed by atoms with E-state index < -0.39 is 0 Å². The van der Waals surface area contributed by atoms with Crippen LogP contribution in [0, 0.1) is 0 Å². The molecular weight excluding hydrogens is 300 g/mol. The number of phenolic OH excluding ortho intramolecular Hbond substituents is 2. The van der Waals surface area contributed by atoms with Crippen molar-refractivity contribution in [2.24, 2.45) is 10.2 Å². The van der Waals surface area contributed by atoms with Crippen LogP contribution in [-0.4, -0.2) is 10.2 Å². The summed E-state index contributed by atoms with van der Waals surface area (Å²) in [6, 6.07) is 22.1. The Hall–Kier alpha value is -3.40. The second-order valence-corrected chi connectivity index (χ2v) is 5.51. The maximum Gasteiger partial charge on any atom is 0.143 e. The summed E-state index contributed by atoms with van der Waals surface area (Å²) in [5.74, 6) is 0.106. The van der Waals surface area contributed by atoms with Crippen LogP contribution in [0.5, 0.6) is 11.5 Å². The molecule has 0 radical (unpaired) electrons. The maximum absolute atomic E-state index is 10.2. The van der Waals surface area contributed by atoms with Gasteiger partial charge in [-0.2, -0.15) is 0 Å². The smallest absolute Gasteiger partial charge is 0.143 e. The van der Waals surface area contributed by atoms with Crippen molar-refractivity contribution < 1.29 is 10.2 Å². The van der Waals surface area contributed by atoms with Crippen LogP contribution < -0.4 is 0 Å². The summed E-state index contributed by atoms with van der Waals surface area (Å²) in [5.41, 5.74) is 0.779. The number of aromatic hydroxyl groups is 2. The number of benzene rings is 4. The summed E-state index contributed by atoms with van der Waals surface area (Å²) in [6.07, 6.45) is 0. The molecule has 0 bridgehead atoms. The molecule has 4 nitrogen and oxygen atoms in total. The largest absolute Gasteiger partial charge is 0.506 e. The van der Waals surface area contributed by atoms with E-state index in [1.54, 1.807) is 12.1 Å². The second-order valence-electron chi connectivity index (χ2n) is 5.51. The molecule has 0 amide bonds. The van der Waals surface area contributed by atoms with Crippen LogP contribution in [0.1, 0.15) is 0 Å². The SMILES string of the molecule is Oc1ccc2ccccc2c1/N=N/c1c(O)ccc2ccccc12. The fourth-order valence-corrected chi connectivity index (χ4v) is 2.80. The van der Waals surface area contributed by atoms with E-state index in [4.69, 9.17) is 0 Å². The van der Waals surface area contributed by atoms with Crippen molar-refractivity contribution in [2.45, 2.75) is 0 Å². The number of fused-ring (bicyclic) bond motifs is 2. The normalized spacial score (nSPS) is 11.5. The molecule has 0 fully saturated rings. The molecule has 4 aromatic carbocycles. The van der Waals surface area contributed by atoms with Gasteiger partial charge in [-0.15, -0.1) is 10.2 Å². The third-order valence-electron chi connectivity index (χ3n) is 4.01. The monoisotopic (exact) mass is 314 g/mol. The number of azo groups is 1. The highest BCUT2D eigenvalue weighted by Gasteiger charge is 2.09. The topological polar surface area (TPSA) is 65.2 Å². The minimum absolute atomic E-state index is 0.0529. The molecule has 0 aromatic heterocycles. The summed E-state index contributed by atoms with van der Waals surface area (Å²) in [4.78, 5) is 0. The first kappa shape index (κ1) is 14.2. The number of hydrogen-bond acceptors (Lipinski definition) is 4. The van der Waals surface area contributed by atoms with Gasteiger partial charge in [0.2, 0.25) is 0 Å². The van der Waals surface area contributed by atoms with Crippen LogP contribution >= 0.6 is 0 Å². The van der Waals surface area contributed by atoms with E-state index in [1.165, 1.54) is 0 Å². The molecule has 4 heteroatoms. The molecule has 0 saturated carbocycles. The highest BCUT2D eigenvalue weighted by Crippen LogP contribution is 2.39. The van der Waals surface area contributed by atoms with Crippen molar-refractivity contribution in [3.05, 3.63) is 72.8 Å². The highest BCUT2D eigenvalue weighted by molar-refractivity contribution is 5.96. The Morgan fingerprint density at radius 2 is 0.917 bits per heavy atom. The van der Waals surface area contributed by atoms with E-state index in [0.717, 1.165) is 21.5 Å². The van der Waals surface area contributed by atoms with Gasteiger partial charge in [0, 0.05) is 10.8 Å². The zero-order valence-electron chi connectivity index (χ0n) is 12.7. The molecule has 0 saturated heterocycles. The Morgan fingerprint density at radius 3 is 1.38 bits per heavy atom. The molecule has 0 unspecified atom stereocenters. The molecule has 0 heterocycles. The van der Waals surface area contributed by atoms with Gasteiger partial charge in [0.25, 0.3) is 0 Å². The van der Waals surface area contributed by atoms with E-state index in [9.17, 15) is 10.2 Å². The molecule has 2 N–H and O–H groups in total. The third-order valence-corrected chi connectivity index (χ3v) is 4.01. The van der Waals surface area contributed by atoms with Gasteiger partial charge in [-0.3, -0.25) is 0 Å². The Morgan fingerprint density at radius 1 is 0.500 bits per heavy atom. The maximum atomic E-state index is 10.2. The Bertz CT molecular complexity index is 1000. The number of nitrogens with zero attached hydrogens (tertiary/aromatic N) is 2. The lowest BCUT2D eigenvalue weighted by atomic mass is 10.1. The zero-order chi connectivity index (χ0) is 16.5. The number of rotatable bonds is 2. The molecule has 0 atom stereocenters. The average Bonchev–Trinajstić information content (AvgIpc) is 2.62. The van der Waals surface area contributed by atoms with Gasteiger partial charge >= 0.3 is 0 Å². The molecule has 116 valence electrons. The highest BCUT2D eigenvalue weighted by atomic mass is 16.3. The molecule has 0 aliphatic heterocycles. The van der Waals surface area contributed by atoms with E-state index in [1.807, 2.05) is 60.7 Å². The summed E-state index contributed by atoms with van der Waals surface area (Å²) in [5, 5.41) is 32.3. The van der Waals surface area contributed by atoms with E-state index in [0.29, 0.717) is 11.4 Å². The van der Waals surface area contributed by atoms with Crippen LogP contribution in [0.4, 0.5) is 11.4 Å². The first-order chi connectivity index (χ1) is 11.7. The summed E-state index contributed by atoms with van der Waals surface area (Å²) >= 11 is 0. The quantitative estimate of drug-likeness (QED) is 0.458. The zero-order valence-corrected chi connectivity index (χ0v) is 12.7. The van der Waals surface area contributed by atoms with E-state index in [2.05, 4.69) is 10.2 Å². The Kier molecular flexibility index (Phi) is 3.35. The molecule has 4 rings (SSSR count). The minimum atomic E-state index is 0.0529. The van der Waals surface area contributed by atoms with Crippen LogP contribution in [0.25, 0.3) is 21.5 Å². The Balaban J connectivity index is 1.91. The van der Waals surface area contributed by atoms with Crippen molar-refractivity contribution in [3.8, 4) is 11.5 Å². The minimum Gasteiger partial charge on any atom is -0.506 e. The van der Waals surface area contributed by atoms with Gasteiger partial charge in [0.05, 0.1) is 0 Å². The van der Waals surface area contributed by atoms with Crippen molar-refractivity contribution >= 4 is 32.9 Å². The van der Waals surface area contributed by atoms with Gasteiger partial charge in [0.1, 0.15) is 22.9 Å². The second kappa shape index (κ2) is 5.66. The van der Waals surface area contributed by atoms with Crippen LogP contribution in [0.3, 0.4) is 0 Å². The van der Waals surface area contributed by atoms with Gasteiger partial charge in [-0.1, -0.05) is 60.7 Å². The molecule has 0 aliphatic carbocycles. The van der Waals surface area contributed by atoms with Crippen molar-refractivity contribution in [3.63, 3.8) is 0 Å². The first-order valence-corrected chi connectivity index (χ1v) is 7.57. The van der Waals surface area contributed by atoms with Crippen LogP contribution in [-0.2, 0) is 0 Å². The molecule has 0 spiro atoms. The van der Waals surface area contributed by atoms with Gasteiger partial charge in [0.15, 0.2) is 0 Å². The standard InChI is InChI=1S/C20H14N2O2/c23-17-11-9-13-5-1-3-7-15(13)19(17)21-22-20-16-8-4-2-6-14(16)10-12-18(20)24/h1-12,23-24H/b22-21+. The number of hydrogen-bond donors (Lipinski definition) is 2. The summed E-state index contributed by atoms with van der Waals surface area (Å²) in [6.45, 7) is 0. The van der Waals surface area contributed by atoms with Crippen LogP contribution in [0.2, 0.25) is 0 Å². The van der Waals surface area contributed by atoms with Crippen molar-refractivity contribution in [2.75, 3.05) is 0 Å². The average molecular weight is 314 g/mol. The summed E-state index contributed by atoms with van der Waals surface area (Å²) < 4.78 is 0. The molecule has 4 aromatic rings. The third kappa shape index (κ3) is 2.34. The molecule has 0 aliphatic rings. The van der Waals surface area contributed by atoms with E-state index >= 15 is 0 Å². The van der Waals surface area contributed by atoms with E-state index in [-0.39, 0.29) is 11.5 Å². The van der Waals surface area contributed by atoms with Gasteiger partial charge in [-0.05, 0) is 22.9 Å². The molecular formula is C20H14N2O2. The predicted octanol–water partition coefficient (Wildman–Crippen LogP) is 5.82. The van der Waals surface area contributed by atoms with Gasteiger partial charge in [-0.25, -0.2) is 0 Å². The number of phenols is 2. The van der Waals surface area contributed by atoms with Gasteiger partial charge < -0.3 is 10.2 Å². The lowest BCUT2D eigenvalue weighted by molar-refractivity contribution is 0.475. The Labute approximate surface area is 138 Å². The first-order valence-electron chi connectivity index (χ1n) is 7.57. The fourth-order valence-electron chi connectivity index (χ4n) is 2.80. The van der Waals surface area contributed by atoms with Crippen molar-refractivity contribution in [1.29, 1.82) is 0 Å². The van der Waals surface area contributed by atoms with Crippen molar-refractivity contribution in [1.82, 2.24) is 0 Å². The van der Waals surface area contributed by atoms with Crippen LogP contribution in [0.15, 0.2) is 83.0 Å². The summed E-state index contributed by atoms with van der Waals surface area (Å²) in [7, 11) is 0. The lowest BCUT2D eigenvalue weighted by Gasteiger charge is -2.05. The lowest BCUT2D eigenvalue weighted by Crippen LogP contribution is -1.76. The fraction of sp³-hybridized carbons (Fsp3) is 0. The predicted molar refractivity (Wildman–Crippen MR) is 95.4 cm³/mol.